The summed E-state index contributed by atoms with van der Waals surface area (Å²) in [5.74, 6) is 1.23. The number of hydrogen-bond acceptors (Lipinski definition) is 6. The number of rotatable bonds is 7. The van der Waals surface area contributed by atoms with Gasteiger partial charge in [-0.1, -0.05) is 24.3 Å². The Morgan fingerprint density at radius 1 is 1.00 bits per heavy atom. The first-order chi connectivity index (χ1) is 18.4. The maximum atomic E-state index is 13.5. The van der Waals surface area contributed by atoms with Gasteiger partial charge >= 0.3 is 0 Å². The first-order valence-corrected chi connectivity index (χ1v) is 12.0. The second-order valence-corrected chi connectivity index (χ2v) is 8.95. The molecule has 194 valence electrons. The number of hydrogen-bond donors (Lipinski definition) is 1. The molecule has 3 aromatic carbocycles. The van der Waals surface area contributed by atoms with Crippen molar-refractivity contribution in [3.8, 4) is 22.9 Å². The maximum Gasteiger partial charge on any atom is 0.266 e. The lowest BCUT2D eigenvalue weighted by atomic mass is 10.1. The molecular weight excluding hydrogens is 484 g/mol. The molecule has 0 saturated carbocycles. The van der Waals surface area contributed by atoms with E-state index in [9.17, 15) is 9.59 Å². The summed E-state index contributed by atoms with van der Waals surface area (Å²) in [5.41, 5.74) is 4.39. The lowest BCUT2D eigenvalue weighted by Gasteiger charge is -2.21. The fourth-order valence-electron chi connectivity index (χ4n) is 4.79. The molecule has 0 unspecified atom stereocenters. The highest BCUT2D eigenvalue weighted by Crippen LogP contribution is 2.41. The highest BCUT2D eigenvalue weighted by atomic mass is 16.5. The Hall–Kier alpha value is -4.79. The largest absolute Gasteiger partial charge is 0.493 e. The summed E-state index contributed by atoms with van der Waals surface area (Å²) in [6, 6.07) is 16.8. The third-order valence-corrected chi connectivity index (χ3v) is 6.75. The fraction of sp³-hybridized carbons (Fsp3) is 0.207. The van der Waals surface area contributed by atoms with E-state index in [1.807, 2.05) is 49.4 Å². The molecule has 2 aromatic heterocycles. The highest BCUT2D eigenvalue weighted by Gasteiger charge is 2.20. The van der Waals surface area contributed by atoms with E-state index in [0.717, 1.165) is 27.5 Å². The number of anilines is 1. The molecule has 0 aliphatic rings. The predicted molar refractivity (Wildman–Crippen MR) is 147 cm³/mol. The normalized spacial score (nSPS) is 11.1. The zero-order valence-corrected chi connectivity index (χ0v) is 21.9. The smallest absolute Gasteiger partial charge is 0.266 e. The van der Waals surface area contributed by atoms with Crippen molar-refractivity contribution in [2.24, 2.45) is 0 Å². The van der Waals surface area contributed by atoms with Crippen molar-refractivity contribution in [1.29, 1.82) is 0 Å². The molecule has 0 fully saturated rings. The van der Waals surface area contributed by atoms with Crippen molar-refractivity contribution in [3.05, 3.63) is 82.3 Å². The molecule has 5 rings (SSSR count). The topological polar surface area (TPSA) is 98.7 Å². The van der Waals surface area contributed by atoms with E-state index in [2.05, 4.69) is 10.2 Å². The van der Waals surface area contributed by atoms with Crippen molar-refractivity contribution < 1.29 is 19.0 Å². The Kier molecular flexibility index (Phi) is 6.50. The Morgan fingerprint density at radius 2 is 1.71 bits per heavy atom. The molecule has 0 atom stereocenters. The maximum absolute atomic E-state index is 13.5. The van der Waals surface area contributed by atoms with Gasteiger partial charge in [0.05, 0.1) is 56.1 Å². The number of amides is 1. The average Bonchev–Trinajstić information content (AvgIpc) is 3.42. The number of H-pyrrole nitrogens is 1. The van der Waals surface area contributed by atoms with Gasteiger partial charge in [0.2, 0.25) is 11.7 Å². The summed E-state index contributed by atoms with van der Waals surface area (Å²) in [6.07, 6.45) is 1.68. The molecule has 0 bridgehead atoms. The molecule has 5 aromatic rings. The Labute approximate surface area is 219 Å². The average molecular weight is 513 g/mol. The standard InChI is InChI=1S/C29H28N4O5/c1-17-8-6-11-22-26(17)27-21(16-30-31-27)29(35)33(22)19-10-7-9-18(12-19)13-25(34)32(2)20-14-23(36-3)28(38-5)24(15-20)37-4/h6-12,14-16H,13H2,1-5H3,(H,30,31). The van der Waals surface area contributed by atoms with Crippen LogP contribution in [-0.4, -0.2) is 49.0 Å². The van der Waals surface area contributed by atoms with Gasteiger partial charge in [0.1, 0.15) is 0 Å². The molecule has 9 heteroatoms. The summed E-state index contributed by atoms with van der Waals surface area (Å²) in [5, 5.41) is 8.53. The van der Waals surface area contributed by atoms with E-state index in [-0.39, 0.29) is 17.9 Å². The number of carbonyl (C=O) groups excluding carboxylic acids is 1. The number of ether oxygens (including phenoxy) is 3. The Balaban J connectivity index is 1.52. The van der Waals surface area contributed by atoms with Crippen LogP contribution in [0.1, 0.15) is 11.1 Å². The molecule has 1 N–H and O–H groups in total. The molecule has 0 radical (unpaired) electrons. The van der Waals surface area contributed by atoms with Gasteiger partial charge in [-0.15, -0.1) is 0 Å². The molecule has 0 aliphatic carbocycles. The van der Waals surface area contributed by atoms with Gasteiger partial charge in [-0.25, -0.2) is 0 Å². The summed E-state index contributed by atoms with van der Waals surface area (Å²) < 4.78 is 17.9. The Morgan fingerprint density at radius 3 is 2.39 bits per heavy atom. The van der Waals surface area contributed by atoms with Gasteiger partial charge in [0.15, 0.2) is 11.5 Å². The lowest BCUT2D eigenvalue weighted by Crippen LogP contribution is -2.28. The second kappa shape index (κ2) is 9.93. The molecule has 38 heavy (non-hydrogen) atoms. The number of likely N-dealkylation sites (N-methyl/N-ethyl adjacent to an activating group) is 1. The first kappa shape index (κ1) is 24.9. The number of aromatic nitrogens is 3. The molecule has 0 aliphatic heterocycles. The minimum atomic E-state index is -0.176. The number of nitrogens with zero attached hydrogens (tertiary/aromatic N) is 3. The number of methoxy groups -OCH3 is 3. The van der Waals surface area contributed by atoms with Gasteiger partial charge in [0, 0.05) is 30.3 Å². The van der Waals surface area contributed by atoms with Gasteiger partial charge in [-0.3, -0.25) is 19.3 Å². The number of pyridine rings is 1. The van der Waals surface area contributed by atoms with Gasteiger partial charge < -0.3 is 19.1 Å². The van der Waals surface area contributed by atoms with Crippen molar-refractivity contribution in [1.82, 2.24) is 14.8 Å². The monoisotopic (exact) mass is 512 g/mol. The minimum Gasteiger partial charge on any atom is -0.493 e. The number of fused-ring (bicyclic) bond motifs is 3. The summed E-state index contributed by atoms with van der Waals surface area (Å²) in [7, 11) is 6.29. The second-order valence-electron chi connectivity index (χ2n) is 8.95. The molecule has 1 amide bonds. The van der Waals surface area contributed by atoms with Crippen LogP contribution >= 0.6 is 0 Å². The van der Waals surface area contributed by atoms with Crippen LogP contribution < -0.4 is 24.7 Å². The molecule has 2 heterocycles. The van der Waals surface area contributed by atoms with E-state index in [1.165, 1.54) is 21.3 Å². The van der Waals surface area contributed by atoms with Crippen LogP contribution in [0.4, 0.5) is 5.69 Å². The van der Waals surface area contributed by atoms with E-state index in [4.69, 9.17) is 14.2 Å². The SMILES string of the molecule is COc1cc(N(C)C(=O)Cc2cccc(-n3c(=O)c4cn[nH]c4c4c(C)cccc43)c2)cc(OC)c1OC. The number of aromatic amines is 1. The van der Waals surface area contributed by atoms with E-state index in [0.29, 0.717) is 34.0 Å². The summed E-state index contributed by atoms with van der Waals surface area (Å²) >= 11 is 0. The van der Waals surface area contributed by atoms with Crippen molar-refractivity contribution in [2.75, 3.05) is 33.3 Å². The zero-order valence-electron chi connectivity index (χ0n) is 21.9. The van der Waals surface area contributed by atoms with Crippen LogP contribution in [0.25, 0.3) is 27.5 Å². The van der Waals surface area contributed by atoms with E-state index < -0.39 is 0 Å². The molecule has 9 nitrogen and oxygen atoms in total. The van der Waals surface area contributed by atoms with Crippen LogP contribution in [0.15, 0.2) is 65.6 Å². The van der Waals surface area contributed by atoms with Gasteiger partial charge in [0.25, 0.3) is 5.56 Å². The number of nitrogens with one attached hydrogen (secondary N) is 1. The number of benzene rings is 3. The van der Waals surface area contributed by atoms with E-state index >= 15 is 0 Å². The van der Waals surface area contributed by atoms with Gasteiger partial charge in [-0.2, -0.15) is 5.10 Å². The molecule has 0 spiro atoms. The molecule has 0 saturated heterocycles. The fourth-order valence-corrected chi connectivity index (χ4v) is 4.79. The third-order valence-electron chi connectivity index (χ3n) is 6.75. The van der Waals surface area contributed by atoms with Crippen LogP contribution in [0.2, 0.25) is 0 Å². The van der Waals surface area contributed by atoms with Crippen LogP contribution in [-0.2, 0) is 11.2 Å². The van der Waals surface area contributed by atoms with Gasteiger partial charge in [-0.05, 0) is 36.2 Å². The van der Waals surface area contributed by atoms with Crippen LogP contribution in [0.3, 0.4) is 0 Å². The van der Waals surface area contributed by atoms with Crippen molar-refractivity contribution in [2.45, 2.75) is 13.3 Å². The minimum absolute atomic E-state index is 0.126. The summed E-state index contributed by atoms with van der Waals surface area (Å²) in [6.45, 7) is 2.01. The number of carbonyl (C=O) groups is 1. The van der Waals surface area contributed by atoms with Crippen molar-refractivity contribution in [3.63, 3.8) is 0 Å². The zero-order chi connectivity index (χ0) is 27.0. The van der Waals surface area contributed by atoms with Crippen LogP contribution in [0.5, 0.6) is 17.2 Å². The molecular formula is C29H28N4O5. The third kappa shape index (κ3) is 4.11. The Bertz CT molecular complexity index is 1710. The number of aryl methyl sites for hydroxylation is 1. The van der Waals surface area contributed by atoms with E-state index in [1.54, 1.807) is 34.8 Å². The van der Waals surface area contributed by atoms with Crippen molar-refractivity contribution >= 4 is 33.4 Å². The first-order valence-electron chi connectivity index (χ1n) is 12.0. The van der Waals surface area contributed by atoms with Crippen LogP contribution in [0, 0.1) is 6.92 Å². The quantitative estimate of drug-likeness (QED) is 0.347. The summed E-state index contributed by atoms with van der Waals surface area (Å²) in [4.78, 5) is 28.4. The highest BCUT2D eigenvalue weighted by molar-refractivity contribution is 6.05. The predicted octanol–water partition coefficient (Wildman–Crippen LogP) is 4.41. The lowest BCUT2D eigenvalue weighted by molar-refractivity contribution is -0.117.